The van der Waals surface area contributed by atoms with Crippen LogP contribution in [-0.4, -0.2) is 16.7 Å². The molecule has 1 unspecified atom stereocenters. The first-order valence-electron chi connectivity index (χ1n) is 6.98. The number of carbonyl (C=O) groups is 2. The third kappa shape index (κ3) is 2.19. The predicted molar refractivity (Wildman–Crippen MR) is 79.6 cm³/mol. The Morgan fingerprint density at radius 1 is 1.05 bits per heavy atom. The first kappa shape index (κ1) is 14.4. The predicted octanol–water partition coefficient (Wildman–Crippen LogP) is 2.64. The molecule has 0 saturated carbocycles. The van der Waals surface area contributed by atoms with Crippen molar-refractivity contribution in [2.24, 2.45) is 5.73 Å². The fraction of sp³-hybridized carbons (Fsp3) is 0.176. The molecule has 0 bridgehead atoms. The van der Waals surface area contributed by atoms with Crippen molar-refractivity contribution in [3.05, 3.63) is 70.5 Å². The second-order valence-electron chi connectivity index (χ2n) is 5.34. The summed E-state index contributed by atoms with van der Waals surface area (Å²) >= 11 is 0. The number of halogens is 1. The van der Waals surface area contributed by atoms with Gasteiger partial charge in [0, 0.05) is 11.6 Å². The number of hydrogen-bond donors (Lipinski definition) is 1. The van der Waals surface area contributed by atoms with Crippen molar-refractivity contribution in [3.8, 4) is 0 Å². The summed E-state index contributed by atoms with van der Waals surface area (Å²) in [5.41, 5.74) is 7.44. The number of carbonyl (C=O) groups excluding carboxylic acids is 2. The number of nitrogens with two attached hydrogens (primary N) is 1. The Bertz CT molecular complexity index is 736. The Hall–Kier alpha value is -2.53. The molecular weight excluding hydrogens is 283 g/mol. The lowest BCUT2D eigenvalue weighted by Gasteiger charge is -2.19. The Balaban J connectivity index is 2.00. The Morgan fingerprint density at radius 2 is 1.64 bits per heavy atom. The van der Waals surface area contributed by atoms with E-state index in [1.165, 1.54) is 6.07 Å². The molecule has 2 N–H and O–H groups in total. The minimum atomic E-state index is -0.466. The molecule has 0 aliphatic carbocycles. The summed E-state index contributed by atoms with van der Waals surface area (Å²) in [4.78, 5) is 25.8. The van der Waals surface area contributed by atoms with Gasteiger partial charge in [-0.2, -0.15) is 0 Å². The van der Waals surface area contributed by atoms with Gasteiger partial charge in [-0.3, -0.25) is 14.5 Å². The molecule has 2 aromatic rings. The van der Waals surface area contributed by atoms with Crippen molar-refractivity contribution >= 4 is 11.8 Å². The minimum Gasteiger partial charge on any atom is -0.324 e. The molecule has 1 aliphatic rings. The van der Waals surface area contributed by atoms with Crippen molar-refractivity contribution in [2.75, 3.05) is 0 Å². The van der Waals surface area contributed by atoms with Crippen LogP contribution in [0, 0.1) is 5.82 Å². The van der Waals surface area contributed by atoms with Gasteiger partial charge in [-0.25, -0.2) is 4.39 Å². The maximum atomic E-state index is 14.1. The van der Waals surface area contributed by atoms with Crippen LogP contribution in [0.5, 0.6) is 0 Å². The van der Waals surface area contributed by atoms with Gasteiger partial charge in [-0.05, 0) is 30.7 Å². The summed E-state index contributed by atoms with van der Waals surface area (Å²) in [5.74, 6) is -1.27. The maximum Gasteiger partial charge on any atom is 0.261 e. The summed E-state index contributed by atoms with van der Waals surface area (Å²) in [7, 11) is 0. The van der Waals surface area contributed by atoms with Crippen LogP contribution >= 0.6 is 0 Å². The zero-order valence-electron chi connectivity index (χ0n) is 12.0. The van der Waals surface area contributed by atoms with E-state index < -0.39 is 17.6 Å². The van der Waals surface area contributed by atoms with Crippen LogP contribution in [0.4, 0.5) is 4.39 Å². The molecule has 2 amide bonds. The lowest BCUT2D eigenvalue weighted by atomic mass is 10.0. The van der Waals surface area contributed by atoms with Crippen LogP contribution < -0.4 is 5.73 Å². The van der Waals surface area contributed by atoms with E-state index in [0.29, 0.717) is 16.7 Å². The van der Waals surface area contributed by atoms with Gasteiger partial charge < -0.3 is 5.73 Å². The standard InChI is InChI=1S/C17H15FN2O2/c1-10(19)11-7-4-8-15(18)14(11)9-20-16(21)12-5-2-3-6-13(12)17(20)22/h2-8,10H,9,19H2,1H3. The van der Waals surface area contributed by atoms with E-state index in [1.54, 1.807) is 43.3 Å². The molecule has 0 fully saturated rings. The van der Waals surface area contributed by atoms with Crippen LogP contribution in [0.3, 0.4) is 0 Å². The number of benzene rings is 2. The third-order valence-corrected chi connectivity index (χ3v) is 3.84. The second-order valence-corrected chi connectivity index (χ2v) is 5.34. The summed E-state index contributed by atoms with van der Waals surface area (Å²) < 4.78 is 14.1. The molecule has 3 rings (SSSR count). The highest BCUT2D eigenvalue weighted by molar-refractivity contribution is 6.21. The van der Waals surface area contributed by atoms with Crippen molar-refractivity contribution < 1.29 is 14.0 Å². The quantitative estimate of drug-likeness (QED) is 0.886. The smallest absolute Gasteiger partial charge is 0.261 e. The second kappa shape index (κ2) is 5.35. The van der Waals surface area contributed by atoms with Crippen LogP contribution in [0.1, 0.15) is 44.8 Å². The van der Waals surface area contributed by atoms with E-state index in [-0.39, 0.29) is 18.2 Å². The van der Waals surface area contributed by atoms with Crippen LogP contribution in [0.2, 0.25) is 0 Å². The fourth-order valence-electron chi connectivity index (χ4n) is 2.71. The summed E-state index contributed by atoms with van der Waals surface area (Å²) in [6.07, 6.45) is 0. The average Bonchev–Trinajstić information content (AvgIpc) is 2.74. The van der Waals surface area contributed by atoms with Gasteiger partial charge >= 0.3 is 0 Å². The van der Waals surface area contributed by atoms with Crippen LogP contribution in [-0.2, 0) is 6.54 Å². The van der Waals surface area contributed by atoms with Crippen LogP contribution in [0.25, 0.3) is 0 Å². The third-order valence-electron chi connectivity index (χ3n) is 3.84. The zero-order valence-corrected chi connectivity index (χ0v) is 12.0. The molecule has 0 saturated heterocycles. The molecule has 112 valence electrons. The molecule has 1 aliphatic heterocycles. The zero-order chi connectivity index (χ0) is 15.9. The van der Waals surface area contributed by atoms with Crippen molar-refractivity contribution in [3.63, 3.8) is 0 Å². The van der Waals surface area contributed by atoms with Crippen molar-refractivity contribution in [1.82, 2.24) is 4.90 Å². The molecule has 5 heteroatoms. The highest BCUT2D eigenvalue weighted by atomic mass is 19.1. The van der Waals surface area contributed by atoms with Gasteiger partial charge in [0.05, 0.1) is 17.7 Å². The summed E-state index contributed by atoms with van der Waals surface area (Å²) in [5, 5.41) is 0. The molecule has 22 heavy (non-hydrogen) atoms. The molecular formula is C17H15FN2O2. The van der Waals surface area contributed by atoms with E-state index in [9.17, 15) is 14.0 Å². The minimum absolute atomic E-state index is 0.115. The van der Waals surface area contributed by atoms with E-state index in [4.69, 9.17) is 5.73 Å². The van der Waals surface area contributed by atoms with E-state index in [1.807, 2.05) is 0 Å². The monoisotopic (exact) mass is 298 g/mol. The molecule has 1 atom stereocenters. The molecule has 2 aromatic carbocycles. The Labute approximate surface area is 127 Å². The lowest BCUT2D eigenvalue weighted by molar-refractivity contribution is 0.0640. The normalized spacial score (nSPS) is 15.1. The summed E-state index contributed by atoms with van der Waals surface area (Å²) in [6, 6.07) is 10.8. The number of rotatable bonds is 3. The highest BCUT2D eigenvalue weighted by Crippen LogP contribution is 2.27. The Morgan fingerprint density at radius 3 is 2.18 bits per heavy atom. The van der Waals surface area contributed by atoms with Crippen molar-refractivity contribution in [1.29, 1.82) is 0 Å². The number of fused-ring (bicyclic) bond motifs is 1. The van der Waals surface area contributed by atoms with Gasteiger partial charge in [0.15, 0.2) is 0 Å². The van der Waals surface area contributed by atoms with E-state index in [0.717, 1.165) is 4.90 Å². The maximum absolute atomic E-state index is 14.1. The fourth-order valence-corrected chi connectivity index (χ4v) is 2.71. The van der Waals surface area contributed by atoms with Gasteiger partial charge in [0.2, 0.25) is 0 Å². The average molecular weight is 298 g/mol. The number of nitrogens with zero attached hydrogens (tertiary/aromatic N) is 1. The SMILES string of the molecule is CC(N)c1cccc(F)c1CN1C(=O)c2ccccc2C1=O. The van der Waals surface area contributed by atoms with E-state index in [2.05, 4.69) is 0 Å². The topological polar surface area (TPSA) is 63.4 Å². The highest BCUT2D eigenvalue weighted by Gasteiger charge is 2.35. The van der Waals surface area contributed by atoms with Gasteiger partial charge in [0.1, 0.15) is 5.82 Å². The molecule has 0 radical (unpaired) electrons. The first-order chi connectivity index (χ1) is 10.5. The largest absolute Gasteiger partial charge is 0.324 e. The van der Waals surface area contributed by atoms with Gasteiger partial charge in [-0.15, -0.1) is 0 Å². The molecule has 0 aromatic heterocycles. The lowest BCUT2D eigenvalue weighted by Crippen LogP contribution is -2.30. The number of hydrogen-bond acceptors (Lipinski definition) is 3. The summed E-state index contributed by atoms with van der Waals surface area (Å²) in [6.45, 7) is 1.62. The van der Waals surface area contributed by atoms with Crippen LogP contribution in [0.15, 0.2) is 42.5 Å². The number of imide groups is 1. The molecule has 1 heterocycles. The van der Waals surface area contributed by atoms with Crippen molar-refractivity contribution in [2.45, 2.75) is 19.5 Å². The molecule has 4 nitrogen and oxygen atoms in total. The van der Waals surface area contributed by atoms with Gasteiger partial charge in [0.25, 0.3) is 11.8 Å². The van der Waals surface area contributed by atoms with E-state index >= 15 is 0 Å². The number of amides is 2. The molecule has 0 spiro atoms. The van der Waals surface area contributed by atoms with Gasteiger partial charge in [-0.1, -0.05) is 24.3 Å². The Kier molecular flexibility index (Phi) is 3.50. The first-order valence-corrected chi connectivity index (χ1v) is 6.98.